The van der Waals surface area contributed by atoms with Gasteiger partial charge in [-0.1, -0.05) is 60.7 Å². The number of nitrogens with zero attached hydrogens (tertiary/aromatic N) is 1. The first-order valence-corrected chi connectivity index (χ1v) is 7.82. The van der Waals surface area contributed by atoms with E-state index in [4.69, 9.17) is 4.74 Å². The predicted molar refractivity (Wildman–Crippen MR) is 88.4 cm³/mol. The van der Waals surface area contributed by atoms with Crippen molar-refractivity contribution < 1.29 is 9.13 Å². The number of benzene rings is 2. The summed E-state index contributed by atoms with van der Waals surface area (Å²) in [5.41, 5.74) is 2.59. The van der Waals surface area contributed by atoms with Crippen LogP contribution in [0.1, 0.15) is 17.5 Å². The Kier molecular flexibility index (Phi) is 7.64. The largest absolute Gasteiger partial charge is 0.380 e. The molecule has 0 atom stereocenters. The van der Waals surface area contributed by atoms with Crippen molar-refractivity contribution in [1.82, 2.24) is 4.90 Å². The number of rotatable bonds is 10. The molecule has 118 valence electrons. The van der Waals surface area contributed by atoms with E-state index in [1.807, 2.05) is 12.1 Å². The van der Waals surface area contributed by atoms with Gasteiger partial charge in [0.1, 0.15) is 0 Å². The van der Waals surface area contributed by atoms with Gasteiger partial charge in [-0.15, -0.1) is 0 Å². The number of alkyl halides is 1. The molecule has 0 spiro atoms. The molecule has 0 saturated carbocycles. The molecular formula is C19H24FNO. The molecule has 2 rings (SSSR count). The lowest BCUT2D eigenvalue weighted by molar-refractivity contribution is 0.0936. The molecule has 0 fully saturated rings. The molecule has 2 aromatic carbocycles. The van der Waals surface area contributed by atoms with Crippen molar-refractivity contribution >= 4 is 0 Å². The summed E-state index contributed by atoms with van der Waals surface area (Å²) in [6, 6.07) is 20.9. The van der Waals surface area contributed by atoms with Crippen LogP contribution >= 0.6 is 0 Å². The highest BCUT2D eigenvalue weighted by molar-refractivity contribution is 5.17. The molecule has 2 aromatic rings. The molecule has 0 heterocycles. The van der Waals surface area contributed by atoms with Gasteiger partial charge in [0.2, 0.25) is 0 Å². The van der Waals surface area contributed by atoms with Gasteiger partial charge in [-0.25, -0.2) is 0 Å². The first-order chi connectivity index (χ1) is 10.9. The molecule has 0 saturated heterocycles. The van der Waals surface area contributed by atoms with Gasteiger partial charge in [0.15, 0.2) is 0 Å². The van der Waals surface area contributed by atoms with Crippen molar-refractivity contribution in [3.05, 3.63) is 71.8 Å². The zero-order valence-electron chi connectivity index (χ0n) is 13.0. The number of hydrogen-bond acceptors (Lipinski definition) is 2. The average molecular weight is 301 g/mol. The molecule has 0 unspecified atom stereocenters. The van der Waals surface area contributed by atoms with Gasteiger partial charge < -0.3 is 4.74 Å². The van der Waals surface area contributed by atoms with Crippen LogP contribution in [0.15, 0.2) is 60.7 Å². The normalized spacial score (nSPS) is 11.0. The average Bonchev–Trinajstić information content (AvgIpc) is 2.56. The van der Waals surface area contributed by atoms with Crippen LogP contribution in [0.3, 0.4) is 0 Å². The van der Waals surface area contributed by atoms with E-state index in [9.17, 15) is 4.39 Å². The van der Waals surface area contributed by atoms with E-state index < -0.39 is 0 Å². The van der Waals surface area contributed by atoms with E-state index in [0.29, 0.717) is 19.6 Å². The van der Waals surface area contributed by atoms with Gasteiger partial charge in [0.05, 0.1) is 13.3 Å². The predicted octanol–water partition coefficient (Wildman–Crippen LogP) is 4.07. The molecule has 0 aliphatic carbocycles. The fraction of sp³-hybridized carbons (Fsp3) is 0.368. The number of ether oxygens (including phenoxy) is 1. The van der Waals surface area contributed by atoms with Crippen LogP contribution in [-0.4, -0.2) is 31.3 Å². The highest BCUT2D eigenvalue weighted by atomic mass is 19.1. The molecule has 2 nitrogen and oxygen atoms in total. The van der Waals surface area contributed by atoms with Crippen molar-refractivity contribution in [2.45, 2.75) is 19.5 Å². The third-order valence-corrected chi connectivity index (χ3v) is 3.47. The van der Waals surface area contributed by atoms with E-state index in [2.05, 4.69) is 53.4 Å². The first kappa shape index (κ1) is 16.7. The maximum atomic E-state index is 12.1. The molecule has 22 heavy (non-hydrogen) atoms. The molecule has 3 heteroatoms. The van der Waals surface area contributed by atoms with Crippen LogP contribution in [0, 0.1) is 0 Å². The molecule has 0 amide bonds. The van der Waals surface area contributed by atoms with Crippen molar-refractivity contribution in [2.75, 3.05) is 26.4 Å². The van der Waals surface area contributed by atoms with Crippen molar-refractivity contribution in [1.29, 1.82) is 0 Å². The lowest BCUT2D eigenvalue weighted by Crippen LogP contribution is -2.27. The van der Waals surface area contributed by atoms with E-state index in [0.717, 1.165) is 19.6 Å². The Morgan fingerprint density at radius 1 is 0.773 bits per heavy atom. The summed E-state index contributed by atoms with van der Waals surface area (Å²) < 4.78 is 17.6. The summed E-state index contributed by atoms with van der Waals surface area (Å²) >= 11 is 0. The fourth-order valence-electron chi connectivity index (χ4n) is 2.35. The Balaban J connectivity index is 1.88. The lowest BCUT2D eigenvalue weighted by atomic mass is 10.1. The minimum Gasteiger partial charge on any atom is -0.380 e. The summed E-state index contributed by atoms with van der Waals surface area (Å²) in [4.78, 5) is 2.36. The van der Waals surface area contributed by atoms with Crippen molar-refractivity contribution in [3.8, 4) is 0 Å². The minimum atomic E-state index is -0.308. The first-order valence-electron chi connectivity index (χ1n) is 7.82. The second kappa shape index (κ2) is 10.1. The van der Waals surface area contributed by atoms with Gasteiger partial charge in [-0.05, 0) is 17.5 Å². The number of halogens is 1. The quantitative estimate of drug-likeness (QED) is 0.614. The van der Waals surface area contributed by atoms with Crippen molar-refractivity contribution in [3.63, 3.8) is 0 Å². The Morgan fingerprint density at radius 2 is 1.32 bits per heavy atom. The standard InChI is InChI=1S/C19H24FNO/c20-12-7-14-22-15-13-21(16-18-8-3-1-4-9-18)17-19-10-5-2-6-11-19/h1-6,8-11H,7,12-17H2. The zero-order valence-corrected chi connectivity index (χ0v) is 13.0. The van der Waals surface area contributed by atoms with Crippen LogP contribution in [0.2, 0.25) is 0 Å². The molecule has 0 N–H and O–H groups in total. The van der Waals surface area contributed by atoms with Crippen LogP contribution in [0.5, 0.6) is 0 Å². The van der Waals surface area contributed by atoms with E-state index >= 15 is 0 Å². The zero-order chi connectivity index (χ0) is 15.5. The Hall–Kier alpha value is -1.71. The van der Waals surface area contributed by atoms with E-state index in [1.54, 1.807) is 0 Å². The topological polar surface area (TPSA) is 12.5 Å². The highest BCUT2D eigenvalue weighted by Gasteiger charge is 2.07. The monoisotopic (exact) mass is 301 g/mol. The Labute approximate surface area is 132 Å². The van der Waals surface area contributed by atoms with Crippen LogP contribution in [0.4, 0.5) is 4.39 Å². The second-order valence-corrected chi connectivity index (χ2v) is 5.34. The smallest absolute Gasteiger partial charge is 0.0916 e. The summed E-state index contributed by atoms with van der Waals surface area (Å²) in [6.45, 7) is 3.46. The van der Waals surface area contributed by atoms with Crippen LogP contribution in [-0.2, 0) is 17.8 Å². The molecule has 0 aliphatic heterocycles. The van der Waals surface area contributed by atoms with Crippen molar-refractivity contribution in [2.24, 2.45) is 0 Å². The third kappa shape index (κ3) is 6.37. The van der Waals surface area contributed by atoms with E-state index in [1.165, 1.54) is 11.1 Å². The molecule has 0 aromatic heterocycles. The summed E-state index contributed by atoms with van der Waals surface area (Å²) in [5.74, 6) is 0. The fourth-order valence-corrected chi connectivity index (χ4v) is 2.35. The SMILES string of the molecule is FCCCOCCN(Cc1ccccc1)Cc1ccccc1. The number of hydrogen-bond donors (Lipinski definition) is 0. The van der Waals surface area contributed by atoms with Crippen LogP contribution in [0.25, 0.3) is 0 Å². The maximum Gasteiger partial charge on any atom is 0.0916 e. The summed E-state index contributed by atoms with van der Waals surface area (Å²) in [7, 11) is 0. The maximum absolute atomic E-state index is 12.1. The molecule has 0 radical (unpaired) electrons. The van der Waals surface area contributed by atoms with Gasteiger partial charge in [0.25, 0.3) is 0 Å². The van der Waals surface area contributed by atoms with E-state index in [-0.39, 0.29) is 6.67 Å². The molecule has 0 bridgehead atoms. The van der Waals surface area contributed by atoms with Gasteiger partial charge in [-0.3, -0.25) is 9.29 Å². The van der Waals surface area contributed by atoms with Crippen LogP contribution < -0.4 is 0 Å². The van der Waals surface area contributed by atoms with Gasteiger partial charge >= 0.3 is 0 Å². The summed E-state index contributed by atoms with van der Waals surface area (Å²) in [5, 5.41) is 0. The van der Waals surface area contributed by atoms with Gasteiger partial charge in [-0.2, -0.15) is 0 Å². The third-order valence-electron chi connectivity index (χ3n) is 3.47. The Morgan fingerprint density at radius 3 is 1.82 bits per heavy atom. The minimum absolute atomic E-state index is 0.308. The lowest BCUT2D eigenvalue weighted by Gasteiger charge is -2.22. The molecular weight excluding hydrogens is 277 g/mol. The van der Waals surface area contributed by atoms with Gasteiger partial charge in [0, 0.05) is 26.2 Å². The highest BCUT2D eigenvalue weighted by Crippen LogP contribution is 2.09. The Bertz CT molecular complexity index is 462. The summed E-state index contributed by atoms with van der Waals surface area (Å²) in [6.07, 6.45) is 0.484. The molecule has 0 aliphatic rings. The second-order valence-electron chi connectivity index (χ2n) is 5.34.